The van der Waals surface area contributed by atoms with Crippen molar-refractivity contribution in [2.45, 2.75) is 19.9 Å². The van der Waals surface area contributed by atoms with E-state index in [4.69, 9.17) is 10.3 Å². The van der Waals surface area contributed by atoms with Crippen LogP contribution in [0.1, 0.15) is 25.7 Å². The first-order valence-corrected chi connectivity index (χ1v) is 6.33. The third kappa shape index (κ3) is 2.59. The highest BCUT2D eigenvalue weighted by Gasteiger charge is 2.19. The largest absolute Gasteiger partial charge is 0.334 e. The van der Waals surface area contributed by atoms with Crippen molar-refractivity contribution in [3.8, 4) is 11.5 Å². The summed E-state index contributed by atoms with van der Waals surface area (Å²) in [5, 5.41) is 3.79. The predicted molar refractivity (Wildman–Crippen MR) is 69.2 cm³/mol. The Morgan fingerprint density at radius 1 is 1.39 bits per heavy atom. The molecular weight excluding hydrogens is 301 g/mol. The van der Waals surface area contributed by atoms with Crippen LogP contribution in [-0.4, -0.2) is 10.1 Å². The van der Waals surface area contributed by atoms with Crippen molar-refractivity contribution in [2.24, 2.45) is 11.7 Å². The fraction of sp³-hybridized carbons (Fsp3) is 0.333. The minimum atomic E-state index is -0.419. The van der Waals surface area contributed by atoms with Crippen molar-refractivity contribution in [2.75, 3.05) is 0 Å². The van der Waals surface area contributed by atoms with E-state index in [0.717, 1.165) is 0 Å². The lowest BCUT2D eigenvalue weighted by Gasteiger charge is -2.09. The van der Waals surface area contributed by atoms with Crippen molar-refractivity contribution in [3.05, 3.63) is 34.3 Å². The first kappa shape index (κ1) is 13.2. The van der Waals surface area contributed by atoms with Crippen LogP contribution in [-0.2, 0) is 0 Å². The molecule has 0 aliphatic carbocycles. The molecule has 0 fully saturated rings. The molecule has 0 saturated carbocycles. The maximum Gasteiger partial charge on any atom is 0.260 e. The van der Waals surface area contributed by atoms with Crippen molar-refractivity contribution >= 4 is 15.9 Å². The normalized spacial score (nSPS) is 13.0. The van der Waals surface area contributed by atoms with Gasteiger partial charge in [0.15, 0.2) is 5.82 Å². The molecule has 0 amide bonds. The van der Waals surface area contributed by atoms with Gasteiger partial charge in [0.25, 0.3) is 5.89 Å². The zero-order valence-corrected chi connectivity index (χ0v) is 11.6. The molecule has 1 aromatic carbocycles. The summed E-state index contributed by atoms with van der Waals surface area (Å²) >= 11 is 3.19. The number of nitrogens with two attached hydrogens (primary N) is 1. The Labute approximate surface area is 113 Å². The quantitative estimate of drug-likeness (QED) is 0.944. The molecular formula is C12H13BrFN3O. The molecule has 1 unspecified atom stereocenters. The van der Waals surface area contributed by atoms with E-state index in [1.165, 1.54) is 6.07 Å². The van der Waals surface area contributed by atoms with Gasteiger partial charge in [-0.15, -0.1) is 0 Å². The highest BCUT2D eigenvalue weighted by Crippen LogP contribution is 2.25. The predicted octanol–water partition coefficient (Wildman–Crippen LogP) is 3.29. The summed E-state index contributed by atoms with van der Waals surface area (Å²) in [7, 11) is 0. The van der Waals surface area contributed by atoms with Gasteiger partial charge in [-0.25, -0.2) is 4.39 Å². The van der Waals surface area contributed by atoms with Gasteiger partial charge in [-0.05, 0) is 24.1 Å². The van der Waals surface area contributed by atoms with Crippen LogP contribution in [0.2, 0.25) is 0 Å². The molecule has 0 saturated heterocycles. The molecule has 0 aliphatic rings. The van der Waals surface area contributed by atoms with E-state index >= 15 is 0 Å². The van der Waals surface area contributed by atoms with Crippen molar-refractivity contribution in [1.29, 1.82) is 0 Å². The third-order valence-electron chi connectivity index (χ3n) is 2.62. The second-order valence-electron chi connectivity index (χ2n) is 4.35. The standard InChI is InChI=1S/C12H13BrFN3O/c1-6(2)10(15)11-16-12(18-17-11)8-4-3-7(13)5-9(8)14/h3-6,10H,15H2,1-2H3. The third-order valence-corrected chi connectivity index (χ3v) is 3.11. The van der Waals surface area contributed by atoms with E-state index in [2.05, 4.69) is 26.1 Å². The zero-order valence-electron chi connectivity index (χ0n) is 10.0. The van der Waals surface area contributed by atoms with Crippen LogP contribution < -0.4 is 5.73 Å². The summed E-state index contributed by atoms with van der Waals surface area (Å²) in [6.07, 6.45) is 0. The van der Waals surface area contributed by atoms with Crippen LogP contribution >= 0.6 is 15.9 Å². The average Bonchev–Trinajstić information content (AvgIpc) is 2.77. The molecule has 0 bridgehead atoms. The second kappa shape index (κ2) is 5.16. The molecule has 2 aromatic rings. The summed E-state index contributed by atoms with van der Waals surface area (Å²) < 4.78 is 19.4. The van der Waals surface area contributed by atoms with Crippen LogP contribution in [0.4, 0.5) is 4.39 Å². The molecule has 2 rings (SSSR count). The SMILES string of the molecule is CC(C)C(N)c1noc(-c2ccc(Br)cc2F)n1. The van der Waals surface area contributed by atoms with E-state index in [0.29, 0.717) is 10.3 Å². The Morgan fingerprint density at radius 2 is 2.11 bits per heavy atom. The van der Waals surface area contributed by atoms with E-state index in [9.17, 15) is 4.39 Å². The molecule has 0 radical (unpaired) electrons. The minimum absolute atomic E-state index is 0.145. The van der Waals surface area contributed by atoms with Gasteiger partial charge in [0.05, 0.1) is 11.6 Å². The van der Waals surface area contributed by atoms with Gasteiger partial charge in [-0.2, -0.15) is 4.98 Å². The van der Waals surface area contributed by atoms with Crippen LogP contribution in [0.25, 0.3) is 11.5 Å². The first-order valence-electron chi connectivity index (χ1n) is 5.53. The average molecular weight is 314 g/mol. The highest BCUT2D eigenvalue weighted by atomic mass is 79.9. The Kier molecular flexibility index (Phi) is 3.77. The monoisotopic (exact) mass is 313 g/mol. The number of hydrogen-bond acceptors (Lipinski definition) is 4. The van der Waals surface area contributed by atoms with Gasteiger partial charge < -0.3 is 10.3 Å². The van der Waals surface area contributed by atoms with Gasteiger partial charge >= 0.3 is 0 Å². The highest BCUT2D eigenvalue weighted by molar-refractivity contribution is 9.10. The number of aromatic nitrogens is 2. The molecule has 96 valence electrons. The smallest absolute Gasteiger partial charge is 0.260 e. The lowest BCUT2D eigenvalue weighted by Crippen LogP contribution is -2.18. The zero-order chi connectivity index (χ0) is 13.3. The van der Waals surface area contributed by atoms with Crippen molar-refractivity contribution in [3.63, 3.8) is 0 Å². The molecule has 18 heavy (non-hydrogen) atoms. The number of hydrogen-bond donors (Lipinski definition) is 1. The van der Waals surface area contributed by atoms with Gasteiger partial charge in [0.1, 0.15) is 5.82 Å². The molecule has 0 aliphatic heterocycles. The van der Waals surface area contributed by atoms with Gasteiger partial charge in [-0.3, -0.25) is 0 Å². The molecule has 4 nitrogen and oxygen atoms in total. The number of halogens is 2. The number of benzene rings is 1. The summed E-state index contributed by atoms with van der Waals surface area (Å²) in [6, 6.07) is 4.32. The minimum Gasteiger partial charge on any atom is -0.334 e. The maximum atomic E-state index is 13.7. The lowest BCUT2D eigenvalue weighted by atomic mass is 10.1. The first-order chi connectivity index (χ1) is 8.49. The topological polar surface area (TPSA) is 64.9 Å². The van der Waals surface area contributed by atoms with Crippen LogP contribution in [0.3, 0.4) is 0 Å². The summed E-state index contributed by atoms with van der Waals surface area (Å²) in [6.45, 7) is 3.92. The van der Waals surface area contributed by atoms with E-state index in [1.54, 1.807) is 12.1 Å². The fourth-order valence-corrected chi connectivity index (χ4v) is 1.77. The Morgan fingerprint density at radius 3 is 2.72 bits per heavy atom. The van der Waals surface area contributed by atoms with Crippen LogP contribution in [0, 0.1) is 11.7 Å². The van der Waals surface area contributed by atoms with E-state index in [1.807, 2.05) is 13.8 Å². The molecule has 6 heteroatoms. The molecule has 1 heterocycles. The van der Waals surface area contributed by atoms with Gasteiger partial charge in [0, 0.05) is 4.47 Å². The summed E-state index contributed by atoms with van der Waals surface area (Å²) in [5.74, 6) is 0.302. The molecule has 1 atom stereocenters. The number of rotatable bonds is 3. The van der Waals surface area contributed by atoms with Crippen molar-refractivity contribution in [1.82, 2.24) is 10.1 Å². The van der Waals surface area contributed by atoms with Crippen molar-refractivity contribution < 1.29 is 8.91 Å². The summed E-state index contributed by atoms with van der Waals surface area (Å²) in [5.41, 5.74) is 6.18. The Hall–Kier alpha value is -1.27. The van der Waals surface area contributed by atoms with Crippen LogP contribution in [0.15, 0.2) is 27.2 Å². The van der Waals surface area contributed by atoms with Gasteiger partial charge in [0.2, 0.25) is 0 Å². The summed E-state index contributed by atoms with van der Waals surface area (Å²) in [4.78, 5) is 4.13. The van der Waals surface area contributed by atoms with Crippen LogP contribution in [0.5, 0.6) is 0 Å². The second-order valence-corrected chi connectivity index (χ2v) is 5.27. The Balaban J connectivity index is 2.35. The van der Waals surface area contributed by atoms with E-state index in [-0.39, 0.29) is 23.4 Å². The Bertz CT molecular complexity index is 556. The fourth-order valence-electron chi connectivity index (χ4n) is 1.44. The molecule has 0 spiro atoms. The van der Waals surface area contributed by atoms with Gasteiger partial charge in [-0.1, -0.05) is 34.9 Å². The molecule has 2 N–H and O–H groups in total. The van der Waals surface area contributed by atoms with E-state index < -0.39 is 5.82 Å². The lowest BCUT2D eigenvalue weighted by molar-refractivity contribution is 0.398. The molecule has 1 aromatic heterocycles. The number of nitrogens with zero attached hydrogens (tertiary/aromatic N) is 2. The maximum absolute atomic E-state index is 13.7.